The molecule has 0 aliphatic rings. The SMILES string of the molecule is Cc1nc(Sc2sc([C@H](C)O)cc2[N+](=O)[O-])nc(C)c1C. The molecule has 2 aromatic heterocycles. The van der Waals surface area contributed by atoms with Crippen LogP contribution in [-0.4, -0.2) is 20.0 Å². The highest BCUT2D eigenvalue weighted by molar-refractivity contribution is 8.01. The van der Waals surface area contributed by atoms with Gasteiger partial charge in [-0.05, 0) is 45.0 Å². The van der Waals surface area contributed by atoms with Crippen LogP contribution in [0.3, 0.4) is 0 Å². The fourth-order valence-electron chi connectivity index (χ4n) is 1.66. The van der Waals surface area contributed by atoms with Crippen LogP contribution in [0.4, 0.5) is 5.69 Å². The van der Waals surface area contributed by atoms with Crippen molar-refractivity contribution in [1.29, 1.82) is 0 Å². The van der Waals surface area contributed by atoms with Crippen LogP contribution in [0.5, 0.6) is 0 Å². The van der Waals surface area contributed by atoms with Crippen LogP contribution in [0.15, 0.2) is 15.4 Å². The van der Waals surface area contributed by atoms with Crippen molar-refractivity contribution < 1.29 is 10.0 Å². The predicted octanol–water partition coefficient (Wildman–Crippen LogP) is 3.58. The van der Waals surface area contributed by atoms with Gasteiger partial charge in [-0.3, -0.25) is 10.1 Å². The van der Waals surface area contributed by atoms with Crippen molar-refractivity contribution in [2.45, 2.75) is 43.2 Å². The van der Waals surface area contributed by atoms with Gasteiger partial charge in [0.2, 0.25) is 0 Å². The van der Waals surface area contributed by atoms with Gasteiger partial charge in [0.25, 0.3) is 5.69 Å². The summed E-state index contributed by atoms with van der Waals surface area (Å²) in [6.07, 6.45) is -0.731. The second-order valence-electron chi connectivity index (χ2n) is 4.66. The molecule has 2 heterocycles. The molecule has 6 nitrogen and oxygen atoms in total. The molecule has 2 rings (SSSR count). The third-order valence-corrected chi connectivity index (χ3v) is 5.45. The standard InChI is InChI=1S/C13H15N3O3S2/c1-6-7(2)14-13(15-8(6)3)21-12-10(16(18)19)5-11(20-12)9(4)17/h5,9,17H,1-4H3/t9-/m0/s1. The summed E-state index contributed by atoms with van der Waals surface area (Å²) < 4.78 is 0.485. The smallest absolute Gasteiger partial charge is 0.294 e. The fraction of sp³-hybridized carbons (Fsp3) is 0.385. The quantitative estimate of drug-likeness (QED) is 0.525. The van der Waals surface area contributed by atoms with Gasteiger partial charge >= 0.3 is 0 Å². The molecule has 0 aliphatic carbocycles. The predicted molar refractivity (Wildman–Crippen MR) is 82.0 cm³/mol. The Bertz CT molecular complexity index is 675. The Labute approximate surface area is 130 Å². The van der Waals surface area contributed by atoms with E-state index in [1.807, 2.05) is 20.8 Å². The number of nitrogens with zero attached hydrogens (tertiary/aromatic N) is 3. The molecule has 0 spiro atoms. The Kier molecular flexibility index (Phi) is 4.60. The van der Waals surface area contributed by atoms with E-state index in [0.29, 0.717) is 14.2 Å². The Morgan fingerprint density at radius 1 is 1.33 bits per heavy atom. The van der Waals surface area contributed by atoms with E-state index >= 15 is 0 Å². The fourth-order valence-corrected chi connectivity index (χ4v) is 3.90. The summed E-state index contributed by atoms with van der Waals surface area (Å²) in [5.41, 5.74) is 2.73. The lowest BCUT2D eigenvalue weighted by atomic mass is 10.2. The number of aryl methyl sites for hydroxylation is 2. The van der Waals surface area contributed by atoms with Crippen molar-refractivity contribution in [2.24, 2.45) is 0 Å². The van der Waals surface area contributed by atoms with Crippen molar-refractivity contribution in [3.8, 4) is 0 Å². The first-order valence-corrected chi connectivity index (χ1v) is 7.88. The summed E-state index contributed by atoms with van der Waals surface area (Å²) in [5, 5.41) is 21.2. The number of hydrogen-bond donors (Lipinski definition) is 1. The van der Waals surface area contributed by atoms with Crippen LogP contribution < -0.4 is 0 Å². The molecular formula is C13H15N3O3S2. The zero-order valence-electron chi connectivity index (χ0n) is 12.1. The minimum atomic E-state index is -0.731. The molecule has 0 saturated carbocycles. The molecule has 0 saturated heterocycles. The largest absolute Gasteiger partial charge is 0.388 e. The van der Waals surface area contributed by atoms with Crippen LogP contribution in [0.2, 0.25) is 0 Å². The summed E-state index contributed by atoms with van der Waals surface area (Å²) in [6.45, 7) is 7.30. The zero-order valence-corrected chi connectivity index (χ0v) is 13.7. The van der Waals surface area contributed by atoms with E-state index in [9.17, 15) is 15.2 Å². The Balaban J connectivity index is 2.41. The van der Waals surface area contributed by atoms with Gasteiger partial charge < -0.3 is 5.11 Å². The third kappa shape index (κ3) is 3.39. The van der Waals surface area contributed by atoms with Crippen LogP contribution in [0.25, 0.3) is 0 Å². The van der Waals surface area contributed by atoms with E-state index in [1.54, 1.807) is 6.92 Å². The summed E-state index contributed by atoms with van der Waals surface area (Å²) >= 11 is 2.36. The molecule has 21 heavy (non-hydrogen) atoms. The van der Waals surface area contributed by atoms with E-state index in [1.165, 1.54) is 17.4 Å². The molecule has 0 aromatic carbocycles. The van der Waals surface area contributed by atoms with Gasteiger partial charge in [0, 0.05) is 22.3 Å². The number of thiophene rings is 1. The van der Waals surface area contributed by atoms with Gasteiger partial charge in [0.1, 0.15) is 4.21 Å². The van der Waals surface area contributed by atoms with Crippen molar-refractivity contribution >= 4 is 28.8 Å². The van der Waals surface area contributed by atoms with Crippen LogP contribution in [0, 0.1) is 30.9 Å². The second kappa shape index (κ2) is 6.08. The zero-order chi connectivity index (χ0) is 15.7. The van der Waals surface area contributed by atoms with E-state index in [-0.39, 0.29) is 5.69 Å². The van der Waals surface area contributed by atoms with Gasteiger partial charge in [-0.15, -0.1) is 11.3 Å². The number of hydrogen-bond acceptors (Lipinski definition) is 7. The maximum absolute atomic E-state index is 11.1. The third-order valence-electron chi connectivity index (χ3n) is 3.10. The molecule has 1 atom stereocenters. The van der Waals surface area contributed by atoms with Crippen LogP contribution in [0.1, 0.15) is 34.9 Å². The van der Waals surface area contributed by atoms with Crippen molar-refractivity contribution in [3.05, 3.63) is 38.0 Å². The van der Waals surface area contributed by atoms with Crippen LogP contribution in [-0.2, 0) is 0 Å². The molecule has 2 aromatic rings. The van der Waals surface area contributed by atoms with Gasteiger partial charge in [0.15, 0.2) is 5.16 Å². The lowest BCUT2D eigenvalue weighted by Gasteiger charge is -2.05. The molecular weight excluding hydrogens is 310 g/mol. The molecule has 112 valence electrons. The first-order valence-electron chi connectivity index (χ1n) is 6.25. The summed E-state index contributed by atoms with van der Waals surface area (Å²) in [6, 6.07) is 1.41. The molecule has 8 heteroatoms. The molecule has 0 unspecified atom stereocenters. The molecule has 0 amide bonds. The Hall–Kier alpha value is -1.51. The van der Waals surface area contributed by atoms with Crippen LogP contribution >= 0.6 is 23.1 Å². The van der Waals surface area contributed by atoms with Gasteiger partial charge in [-0.25, -0.2) is 9.97 Å². The minimum absolute atomic E-state index is 0.0135. The average Bonchev–Trinajstić information content (AvgIpc) is 2.80. The summed E-state index contributed by atoms with van der Waals surface area (Å²) in [5.74, 6) is 0. The second-order valence-corrected chi connectivity index (χ2v) is 6.98. The number of nitro groups is 1. The number of aliphatic hydroxyl groups excluding tert-OH is 1. The monoisotopic (exact) mass is 325 g/mol. The maximum Gasteiger partial charge on any atom is 0.294 e. The van der Waals surface area contributed by atoms with Crippen molar-refractivity contribution in [3.63, 3.8) is 0 Å². The molecule has 0 aliphatic heterocycles. The number of rotatable bonds is 4. The summed E-state index contributed by atoms with van der Waals surface area (Å²) in [7, 11) is 0. The highest BCUT2D eigenvalue weighted by Gasteiger charge is 2.23. The lowest BCUT2D eigenvalue weighted by molar-refractivity contribution is -0.387. The normalized spacial score (nSPS) is 12.4. The highest BCUT2D eigenvalue weighted by Crippen LogP contribution is 2.42. The minimum Gasteiger partial charge on any atom is -0.388 e. The van der Waals surface area contributed by atoms with Crippen molar-refractivity contribution in [1.82, 2.24) is 9.97 Å². The van der Waals surface area contributed by atoms with E-state index in [0.717, 1.165) is 28.7 Å². The average molecular weight is 325 g/mol. The van der Waals surface area contributed by atoms with Gasteiger partial charge in [0.05, 0.1) is 11.0 Å². The van der Waals surface area contributed by atoms with Crippen molar-refractivity contribution in [2.75, 3.05) is 0 Å². The highest BCUT2D eigenvalue weighted by atomic mass is 32.2. The summed E-state index contributed by atoms with van der Waals surface area (Å²) in [4.78, 5) is 19.9. The molecule has 0 bridgehead atoms. The maximum atomic E-state index is 11.1. The van der Waals surface area contributed by atoms with Gasteiger partial charge in [-0.1, -0.05) is 0 Å². The molecule has 1 N–H and O–H groups in total. The van der Waals surface area contributed by atoms with E-state index in [2.05, 4.69) is 9.97 Å². The number of aromatic nitrogens is 2. The Morgan fingerprint density at radius 2 is 1.90 bits per heavy atom. The van der Waals surface area contributed by atoms with E-state index in [4.69, 9.17) is 0 Å². The Morgan fingerprint density at radius 3 is 2.38 bits per heavy atom. The topological polar surface area (TPSA) is 89.2 Å². The molecule has 0 radical (unpaired) electrons. The lowest BCUT2D eigenvalue weighted by Crippen LogP contribution is -1.97. The molecule has 0 fully saturated rings. The van der Waals surface area contributed by atoms with E-state index < -0.39 is 11.0 Å². The van der Waals surface area contributed by atoms with Gasteiger partial charge in [-0.2, -0.15) is 0 Å². The first-order chi connectivity index (χ1) is 9.79. The number of aliphatic hydroxyl groups is 1. The first kappa shape index (κ1) is 15.9.